The molecule has 0 unspecified atom stereocenters. The Morgan fingerprint density at radius 3 is 2.80 bits per heavy atom. The Balaban J connectivity index is 2.55. The normalized spacial score (nSPS) is 10.6. The summed E-state index contributed by atoms with van der Waals surface area (Å²) in [4.78, 5) is 20.1. The molecule has 0 atom stereocenters. The van der Waals surface area contributed by atoms with Gasteiger partial charge in [0.25, 0.3) is 0 Å². The molecule has 0 aliphatic rings. The average molecular weight is 294 g/mol. The van der Waals surface area contributed by atoms with E-state index < -0.39 is 5.69 Å². The van der Waals surface area contributed by atoms with Crippen LogP contribution in [0.3, 0.4) is 0 Å². The summed E-state index contributed by atoms with van der Waals surface area (Å²) in [6, 6.07) is 7.14. The third kappa shape index (κ3) is 2.97. The highest BCUT2D eigenvalue weighted by Crippen LogP contribution is 2.20. The van der Waals surface area contributed by atoms with Crippen LogP contribution in [-0.4, -0.2) is 21.1 Å². The molecule has 106 valence electrons. The van der Waals surface area contributed by atoms with Gasteiger partial charge in [-0.05, 0) is 18.6 Å². The summed E-state index contributed by atoms with van der Waals surface area (Å²) < 4.78 is 1.37. The number of rotatable bonds is 4. The fourth-order valence-electron chi connectivity index (χ4n) is 1.80. The number of hydrazine groups is 1. The number of benzene rings is 1. The van der Waals surface area contributed by atoms with Gasteiger partial charge in [-0.15, -0.1) is 0 Å². The van der Waals surface area contributed by atoms with Crippen molar-refractivity contribution in [2.45, 2.75) is 13.3 Å². The molecule has 0 fully saturated rings. The van der Waals surface area contributed by atoms with Crippen LogP contribution in [0, 0.1) is 0 Å². The number of anilines is 1. The first kappa shape index (κ1) is 14.5. The van der Waals surface area contributed by atoms with Crippen LogP contribution in [0.2, 0.25) is 5.02 Å². The molecule has 0 aliphatic heterocycles. The highest BCUT2D eigenvalue weighted by Gasteiger charge is 2.12. The van der Waals surface area contributed by atoms with Gasteiger partial charge in [0.05, 0.1) is 0 Å². The maximum absolute atomic E-state index is 11.9. The lowest BCUT2D eigenvalue weighted by atomic mass is 10.2. The van der Waals surface area contributed by atoms with Crippen LogP contribution in [0.15, 0.2) is 29.1 Å². The predicted octanol–water partition coefficient (Wildman–Crippen LogP) is 1.59. The molecule has 6 nitrogen and oxygen atoms in total. The minimum Gasteiger partial charge on any atom is -0.279 e. The third-order valence-corrected chi connectivity index (χ3v) is 3.05. The monoisotopic (exact) mass is 293 g/mol. The second kappa shape index (κ2) is 6.02. The van der Waals surface area contributed by atoms with E-state index in [4.69, 9.17) is 17.4 Å². The maximum atomic E-state index is 11.9. The number of hydrogen-bond acceptors (Lipinski definition) is 5. The summed E-state index contributed by atoms with van der Waals surface area (Å²) in [5.74, 6) is 6.53. The zero-order valence-electron chi connectivity index (χ0n) is 11.4. The van der Waals surface area contributed by atoms with Gasteiger partial charge in [-0.3, -0.25) is 9.58 Å². The number of nitrogens with two attached hydrogens (primary N) is 1. The Labute approximate surface area is 121 Å². The van der Waals surface area contributed by atoms with Gasteiger partial charge in [0.15, 0.2) is 0 Å². The Morgan fingerprint density at radius 1 is 1.40 bits per heavy atom. The topological polar surface area (TPSA) is 77.0 Å². The van der Waals surface area contributed by atoms with E-state index in [0.29, 0.717) is 17.4 Å². The number of aromatic nitrogens is 3. The molecule has 0 aliphatic carbocycles. The van der Waals surface area contributed by atoms with Gasteiger partial charge in [0.1, 0.15) is 5.82 Å². The number of hydrogen-bond donors (Lipinski definition) is 1. The van der Waals surface area contributed by atoms with E-state index in [0.717, 1.165) is 12.0 Å². The summed E-state index contributed by atoms with van der Waals surface area (Å²) in [7, 11) is 1.61. The average Bonchev–Trinajstić information content (AvgIpc) is 2.42. The Bertz CT molecular complexity index is 670. The molecule has 0 saturated heterocycles. The van der Waals surface area contributed by atoms with E-state index in [1.165, 1.54) is 9.58 Å². The molecule has 0 amide bonds. The first-order chi connectivity index (χ1) is 9.52. The number of halogens is 1. The molecule has 2 rings (SSSR count). The fraction of sp³-hybridized carbons (Fsp3) is 0.308. The van der Waals surface area contributed by atoms with E-state index in [1.807, 2.05) is 13.0 Å². The summed E-state index contributed by atoms with van der Waals surface area (Å²) in [5.41, 5.74) is 0.335. The third-order valence-electron chi connectivity index (χ3n) is 2.81. The van der Waals surface area contributed by atoms with Crippen LogP contribution >= 0.6 is 11.6 Å². The smallest absolute Gasteiger partial charge is 0.279 e. The van der Waals surface area contributed by atoms with Crippen LogP contribution in [0.4, 0.5) is 5.95 Å². The lowest BCUT2D eigenvalue weighted by molar-refractivity contribution is 0.725. The van der Waals surface area contributed by atoms with Crippen molar-refractivity contribution in [3.8, 4) is 11.4 Å². The minimum atomic E-state index is -0.406. The molecule has 2 aromatic rings. The Hall–Kier alpha value is -1.92. The van der Waals surface area contributed by atoms with Gasteiger partial charge in [0.2, 0.25) is 5.95 Å². The van der Waals surface area contributed by atoms with Gasteiger partial charge in [-0.1, -0.05) is 30.7 Å². The molecule has 0 spiro atoms. The van der Waals surface area contributed by atoms with Crippen LogP contribution in [-0.2, 0) is 7.05 Å². The molecule has 1 heterocycles. The van der Waals surface area contributed by atoms with Crippen molar-refractivity contribution >= 4 is 17.5 Å². The maximum Gasteiger partial charge on any atom is 0.352 e. The van der Waals surface area contributed by atoms with Gasteiger partial charge in [-0.2, -0.15) is 9.97 Å². The van der Waals surface area contributed by atoms with Crippen LogP contribution in [0.5, 0.6) is 0 Å². The lowest BCUT2D eigenvalue weighted by Gasteiger charge is -2.16. The first-order valence-corrected chi connectivity index (χ1v) is 6.64. The van der Waals surface area contributed by atoms with Crippen molar-refractivity contribution in [3.05, 3.63) is 39.8 Å². The Morgan fingerprint density at radius 2 is 2.15 bits per heavy atom. The summed E-state index contributed by atoms with van der Waals surface area (Å²) >= 11 is 5.97. The van der Waals surface area contributed by atoms with E-state index in [9.17, 15) is 4.79 Å². The Kier molecular flexibility index (Phi) is 4.36. The summed E-state index contributed by atoms with van der Waals surface area (Å²) in [6.07, 6.45) is 0.835. The molecule has 1 aromatic heterocycles. The van der Waals surface area contributed by atoms with E-state index in [1.54, 1.807) is 25.2 Å². The molecule has 0 radical (unpaired) electrons. The van der Waals surface area contributed by atoms with Crippen molar-refractivity contribution in [3.63, 3.8) is 0 Å². The van der Waals surface area contributed by atoms with Gasteiger partial charge < -0.3 is 0 Å². The molecule has 7 heteroatoms. The molecular weight excluding hydrogens is 278 g/mol. The molecule has 20 heavy (non-hydrogen) atoms. The fourth-order valence-corrected chi connectivity index (χ4v) is 1.99. The van der Waals surface area contributed by atoms with Gasteiger partial charge >= 0.3 is 5.69 Å². The molecule has 1 aromatic carbocycles. The molecular formula is C13H16ClN5O. The molecule has 2 N–H and O–H groups in total. The van der Waals surface area contributed by atoms with Crippen molar-refractivity contribution in [1.29, 1.82) is 0 Å². The molecule has 0 saturated carbocycles. The van der Waals surface area contributed by atoms with Crippen molar-refractivity contribution in [1.82, 2.24) is 14.5 Å². The summed E-state index contributed by atoms with van der Waals surface area (Å²) in [5, 5.41) is 1.95. The highest BCUT2D eigenvalue weighted by molar-refractivity contribution is 6.30. The zero-order valence-corrected chi connectivity index (χ0v) is 12.1. The largest absolute Gasteiger partial charge is 0.352 e. The van der Waals surface area contributed by atoms with Gasteiger partial charge in [-0.25, -0.2) is 10.6 Å². The second-order valence-corrected chi connectivity index (χ2v) is 4.83. The van der Waals surface area contributed by atoms with Crippen LogP contribution in [0.25, 0.3) is 11.4 Å². The van der Waals surface area contributed by atoms with E-state index >= 15 is 0 Å². The van der Waals surface area contributed by atoms with Crippen molar-refractivity contribution < 1.29 is 0 Å². The van der Waals surface area contributed by atoms with Crippen molar-refractivity contribution in [2.75, 3.05) is 11.6 Å². The minimum absolute atomic E-state index is 0.213. The van der Waals surface area contributed by atoms with Crippen LogP contribution in [0.1, 0.15) is 13.3 Å². The lowest BCUT2D eigenvalue weighted by Crippen LogP contribution is -2.36. The van der Waals surface area contributed by atoms with E-state index in [-0.39, 0.29) is 5.95 Å². The predicted molar refractivity (Wildman–Crippen MR) is 79.5 cm³/mol. The number of nitrogens with zero attached hydrogens (tertiary/aromatic N) is 4. The standard InChI is InChI=1S/C13H16ClN5O/c1-3-7-19(15)12-16-11(18(2)13(20)17-12)9-5-4-6-10(14)8-9/h4-6,8H,3,7,15H2,1-2H3. The van der Waals surface area contributed by atoms with Gasteiger partial charge in [0, 0.05) is 24.2 Å². The SMILES string of the molecule is CCCN(N)c1nc(-c2cccc(Cl)c2)n(C)c(=O)n1. The zero-order chi connectivity index (χ0) is 14.7. The first-order valence-electron chi connectivity index (χ1n) is 6.26. The quantitative estimate of drug-likeness (QED) is 0.684. The van der Waals surface area contributed by atoms with Crippen LogP contribution < -0.4 is 16.5 Å². The van der Waals surface area contributed by atoms with E-state index in [2.05, 4.69) is 9.97 Å². The summed E-state index contributed by atoms with van der Waals surface area (Å²) in [6.45, 7) is 2.56. The highest BCUT2D eigenvalue weighted by atomic mass is 35.5. The molecule has 0 bridgehead atoms. The van der Waals surface area contributed by atoms with Crippen molar-refractivity contribution in [2.24, 2.45) is 12.9 Å². The second-order valence-electron chi connectivity index (χ2n) is 4.39.